The number of benzene rings is 1. The number of carbonyl (C=O) groups excluding carboxylic acids is 1. The summed E-state index contributed by atoms with van der Waals surface area (Å²) in [7, 11) is 1.71. The van der Waals surface area contributed by atoms with Gasteiger partial charge >= 0.3 is 0 Å². The number of nitrogens with zero attached hydrogens (tertiary/aromatic N) is 2. The Bertz CT molecular complexity index is 1040. The van der Waals surface area contributed by atoms with E-state index in [2.05, 4.69) is 15.6 Å². The predicted octanol–water partition coefficient (Wildman–Crippen LogP) is 3.45. The third kappa shape index (κ3) is 3.55. The van der Waals surface area contributed by atoms with Crippen molar-refractivity contribution >= 4 is 28.4 Å². The lowest BCUT2D eigenvalue weighted by Crippen LogP contribution is -2.26. The molecule has 2 aromatic heterocycles. The van der Waals surface area contributed by atoms with Crippen LogP contribution in [-0.4, -0.2) is 32.2 Å². The molecule has 0 bridgehead atoms. The first-order chi connectivity index (χ1) is 12.9. The molecule has 1 amide bonds. The van der Waals surface area contributed by atoms with E-state index >= 15 is 0 Å². The van der Waals surface area contributed by atoms with Crippen LogP contribution >= 0.6 is 0 Å². The SMILES string of the molecule is Cc1ccc(Nc2c(C(=O)NC/C(O)=C/O)c3cccnc3n2C)c(F)c1. The van der Waals surface area contributed by atoms with E-state index in [-0.39, 0.29) is 23.6 Å². The van der Waals surface area contributed by atoms with Crippen molar-refractivity contribution in [3.8, 4) is 0 Å². The highest BCUT2D eigenvalue weighted by Crippen LogP contribution is 2.31. The number of aryl methyl sites for hydroxylation is 2. The maximum absolute atomic E-state index is 14.3. The number of pyridine rings is 1. The lowest BCUT2D eigenvalue weighted by Gasteiger charge is -2.12. The van der Waals surface area contributed by atoms with Gasteiger partial charge in [0.1, 0.15) is 29.3 Å². The number of aromatic nitrogens is 2. The van der Waals surface area contributed by atoms with Crippen LogP contribution in [0.1, 0.15) is 15.9 Å². The smallest absolute Gasteiger partial charge is 0.256 e. The Hall–Kier alpha value is -3.55. The number of aliphatic hydroxyl groups excluding tert-OH is 2. The Morgan fingerprint density at radius 3 is 2.85 bits per heavy atom. The molecule has 0 aliphatic carbocycles. The summed E-state index contributed by atoms with van der Waals surface area (Å²) in [4.78, 5) is 17.0. The number of halogens is 1. The summed E-state index contributed by atoms with van der Waals surface area (Å²) in [6, 6.07) is 8.18. The zero-order chi connectivity index (χ0) is 19.6. The molecule has 0 fully saturated rings. The lowest BCUT2D eigenvalue weighted by atomic mass is 10.1. The second-order valence-electron chi connectivity index (χ2n) is 6.07. The number of hydrogen-bond acceptors (Lipinski definition) is 5. The third-order valence-electron chi connectivity index (χ3n) is 4.13. The van der Waals surface area contributed by atoms with Gasteiger partial charge in [-0.1, -0.05) is 6.07 Å². The van der Waals surface area contributed by atoms with Crippen LogP contribution in [0.15, 0.2) is 48.5 Å². The quantitative estimate of drug-likeness (QED) is 0.516. The topological polar surface area (TPSA) is 99.4 Å². The second-order valence-corrected chi connectivity index (χ2v) is 6.07. The van der Waals surface area contributed by atoms with Crippen molar-refractivity contribution in [3.05, 3.63) is 65.5 Å². The summed E-state index contributed by atoms with van der Waals surface area (Å²) < 4.78 is 16.0. The van der Waals surface area contributed by atoms with Crippen LogP contribution in [0.5, 0.6) is 0 Å². The second kappa shape index (κ2) is 7.36. The van der Waals surface area contributed by atoms with E-state index in [0.717, 1.165) is 5.56 Å². The van der Waals surface area contributed by atoms with Crippen LogP contribution in [0, 0.1) is 12.7 Å². The molecule has 0 spiro atoms. The van der Waals surface area contributed by atoms with Crippen molar-refractivity contribution in [2.45, 2.75) is 6.92 Å². The normalized spacial score (nSPS) is 11.6. The predicted molar refractivity (Wildman–Crippen MR) is 101 cm³/mol. The van der Waals surface area contributed by atoms with Crippen LogP contribution in [0.3, 0.4) is 0 Å². The van der Waals surface area contributed by atoms with Crippen molar-refractivity contribution in [2.75, 3.05) is 11.9 Å². The van der Waals surface area contributed by atoms with Crippen LogP contribution in [0.2, 0.25) is 0 Å². The molecule has 8 heteroatoms. The van der Waals surface area contributed by atoms with E-state index in [0.29, 0.717) is 23.1 Å². The summed E-state index contributed by atoms with van der Waals surface area (Å²) >= 11 is 0. The van der Waals surface area contributed by atoms with Gasteiger partial charge < -0.3 is 25.4 Å². The molecule has 3 aromatic rings. The highest BCUT2D eigenvalue weighted by molar-refractivity contribution is 6.11. The lowest BCUT2D eigenvalue weighted by molar-refractivity contribution is 0.0954. The molecule has 2 heterocycles. The molecule has 0 aliphatic rings. The standard InChI is InChI=1S/C19H19FN4O3/c1-11-5-6-15(14(20)8-11)23-18-16(19(27)22-9-12(26)10-25)13-4-3-7-21-17(13)24(18)2/h3-8,10,23,25-26H,9H2,1-2H3,(H,22,27)/b12-10-. The fraction of sp³-hybridized carbons (Fsp3) is 0.158. The van der Waals surface area contributed by atoms with Crippen LogP contribution in [0.4, 0.5) is 15.9 Å². The van der Waals surface area contributed by atoms with Crippen LogP contribution in [0.25, 0.3) is 11.0 Å². The van der Waals surface area contributed by atoms with E-state index < -0.39 is 11.7 Å². The molecular formula is C19H19FN4O3. The van der Waals surface area contributed by atoms with Crippen LogP contribution in [-0.2, 0) is 7.05 Å². The van der Waals surface area contributed by atoms with Gasteiger partial charge in [0.05, 0.1) is 17.8 Å². The first-order valence-corrected chi connectivity index (χ1v) is 8.19. The van der Waals surface area contributed by atoms with Gasteiger partial charge in [-0.3, -0.25) is 4.79 Å². The van der Waals surface area contributed by atoms with Crippen molar-refractivity contribution in [1.82, 2.24) is 14.9 Å². The van der Waals surface area contributed by atoms with Crippen molar-refractivity contribution < 1.29 is 19.4 Å². The molecular weight excluding hydrogens is 351 g/mol. The molecule has 0 radical (unpaired) electrons. The van der Waals surface area contributed by atoms with Gasteiger partial charge in [0.25, 0.3) is 5.91 Å². The molecule has 0 aliphatic heterocycles. The number of carbonyl (C=O) groups is 1. The average molecular weight is 370 g/mol. The molecule has 0 saturated heterocycles. The average Bonchev–Trinajstić information content (AvgIpc) is 2.94. The fourth-order valence-corrected chi connectivity index (χ4v) is 2.79. The van der Waals surface area contributed by atoms with Crippen molar-refractivity contribution in [3.63, 3.8) is 0 Å². The third-order valence-corrected chi connectivity index (χ3v) is 4.13. The number of nitrogens with one attached hydrogen (secondary N) is 2. The minimum Gasteiger partial charge on any atom is -0.512 e. The summed E-state index contributed by atoms with van der Waals surface area (Å²) in [5, 5.41) is 24.2. The van der Waals surface area contributed by atoms with Gasteiger partial charge in [0, 0.05) is 18.6 Å². The molecule has 7 nitrogen and oxygen atoms in total. The van der Waals surface area contributed by atoms with E-state index in [4.69, 9.17) is 5.11 Å². The van der Waals surface area contributed by atoms with Gasteiger partial charge in [-0.25, -0.2) is 9.37 Å². The molecule has 0 atom stereocenters. The Labute approximate surface area is 154 Å². The Kier molecular flexibility index (Phi) is 4.98. The van der Waals surface area contributed by atoms with Crippen LogP contribution < -0.4 is 10.6 Å². The Balaban J connectivity index is 2.08. The maximum Gasteiger partial charge on any atom is 0.256 e. The van der Waals surface area contributed by atoms with E-state index in [1.807, 2.05) is 0 Å². The zero-order valence-corrected chi connectivity index (χ0v) is 14.8. The van der Waals surface area contributed by atoms with Gasteiger partial charge in [-0.05, 0) is 36.8 Å². The van der Waals surface area contributed by atoms with Gasteiger partial charge in [-0.2, -0.15) is 0 Å². The number of rotatable bonds is 5. The van der Waals surface area contributed by atoms with Gasteiger partial charge in [0.15, 0.2) is 0 Å². The summed E-state index contributed by atoms with van der Waals surface area (Å²) in [6.45, 7) is 1.54. The molecule has 140 valence electrons. The largest absolute Gasteiger partial charge is 0.512 e. The number of fused-ring (bicyclic) bond motifs is 1. The van der Waals surface area contributed by atoms with Crippen molar-refractivity contribution in [1.29, 1.82) is 0 Å². The monoisotopic (exact) mass is 370 g/mol. The summed E-state index contributed by atoms with van der Waals surface area (Å²) in [6.07, 6.45) is 2.10. The number of anilines is 2. The zero-order valence-electron chi connectivity index (χ0n) is 14.8. The first kappa shape index (κ1) is 18.2. The molecule has 0 saturated carbocycles. The first-order valence-electron chi connectivity index (χ1n) is 8.19. The van der Waals surface area contributed by atoms with Gasteiger partial charge in [0.2, 0.25) is 0 Å². The van der Waals surface area contributed by atoms with E-state index in [1.165, 1.54) is 6.07 Å². The number of aliphatic hydroxyl groups is 2. The summed E-state index contributed by atoms with van der Waals surface area (Å²) in [5.74, 6) is -0.977. The number of hydrogen-bond donors (Lipinski definition) is 4. The molecule has 4 N–H and O–H groups in total. The van der Waals surface area contributed by atoms with Crippen molar-refractivity contribution in [2.24, 2.45) is 7.05 Å². The Morgan fingerprint density at radius 1 is 1.37 bits per heavy atom. The molecule has 1 aromatic carbocycles. The molecule has 3 rings (SSSR count). The Morgan fingerprint density at radius 2 is 2.15 bits per heavy atom. The minimum atomic E-state index is -0.503. The fourth-order valence-electron chi connectivity index (χ4n) is 2.79. The van der Waals surface area contributed by atoms with E-state index in [1.54, 1.807) is 49.0 Å². The minimum absolute atomic E-state index is 0.221. The highest BCUT2D eigenvalue weighted by atomic mass is 19.1. The number of amides is 1. The molecule has 0 unspecified atom stereocenters. The summed E-state index contributed by atoms with van der Waals surface area (Å²) in [5.41, 5.74) is 1.80. The van der Waals surface area contributed by atoms with Gasteiger partial charge in [-0.15, -0.1) is 0 Å². The molecule has 27 heavy (non-hydrogen) atoms. The van der Waals surface area contributed by atoms with E-state index in [9.17, 15) is 14.3 Å². The highest BCUT2D eigenvalue weighted by Gasteiger charge is 2.23. The maximum atomic E-state index is 14.3.